The number of hydrogen-bond donors (Lipinski definition) is 1. The first-order chi connectivity index (χ1) is 8.20. The minimum absolute atomic E-state index is 0.116. The van der Waals surface area contributed by atoms with Crippen molar-refractivity contribution >= 4 is 10.9 Å². The first kappa shape index (κ1) is 11.6. The van der Waals surface area contributed by atoms with Gasteiger partial charge >= 0.3 is 0 Å². The molecule has 0 fully saturated rings. The summed E-state index contributed by atoms with van der Waals surface area (Å²) in [6.07, 6.45) is 6.70. The summed E-state index contributed by atoms with van der Waals surface area (Å²) in [4.78, 5) is 11.9. The number of aromatic nitrogens is 3. The number of fused-ring (bicyclic) bond motifs is 1. The van der Waals surface area contributed by atoms with Gasteiger partial charge in [-0.1, -0.05) is 19.1 Å². The van der Waals surface area contributed by atoms with E-state index in [1.54, 1.807) is 6.20 Å². The van der Waals surface area contributed by atoms with E-state index in [0.717, 1.165) is 29.6 Å². The lowest BCUT2D eigenvalue weighted by atomic mass is 10.1. The third-order valence-electron chi connectivity index (χ3n) is 3.14. The molecule has 1 N–H and O–H groups in total. The van der Waals surface area contributed by atoms with Gasteiger partial charge in [0.2, 0.25) is 0 Å². The van der Waals surface area contributed by atoms with E-state index < -0.39 is 0 Å². The van der Waals surface area contributed by atoms with Gasteiger partial charge in [-0.15, -0.1) is 0 Å². The largest absolute Gasteiger partial charge is 0.336 e. The Kier molecular flexibility index (Phi) is 3.13. The molecule has 4 heteroatoms. The maximum Gasteiger partial charge on any atom is 0.288 e. The molecule has 0 aliphatic rings. The van der Waals surface area contributed by atoms with Gasteiger partial charge in [0.15, 0.2) is 0 Å². The Morgan fingerprint density at radius 1 is 1.53 bits per heavy atom. The van der Waals surface area contributed by atoms with Crippen molar-refractivity contribution in [3.8, 4) is 0 Å². The van der Waals surface area contributed by atoms with Crippen molar-refractivity contribution in [2.75, 3.05) is 0 Å². The van der Waals surface area contributed by atoms with Gasteiger partial charge in [0.1, 0.15) is 5.52 Å². The van der Waals surface area contributed by atoms with Crippen LogP contribution in [0.15, 0.2) is 23.1 Å². The fourth-order valence-corrected chi connectivity index (χ4v) is 2.29. The molecule has 0 radical (unpaired) electrons. The highest BCUT2D eigenvalue weighted by atomic mass is 16.1. The monoisotopic (exact) mass is 231 g/mol. The van der Waals surface area contributed by atoms with Crippen molar-refractivity contribution in [2.24, 2.45) is 0 Å². The normalized spacial score (nSPS) is 11.7. The maximum absolute atomic E-state index is 11.9. The van der Waals surface area contributed by atoms with Crippen LogP contribution in [0.2, 0.25) is 0 Å². The third kappa shape index (κ3) is 1.79. The van der Waals surface area contributed by atoms with Gasteiger partial charge in [-0.25, -0.2) is 5.10 Å². The second kappa shape index (κ2) is 4.57. The molecular weight excluding hydrogens is 214 g/mol. The lowest BCUT2D eigenvalue weighted by Gasteiger charge is -2.03. The zero-order chi connectivity index (χ0) is 12.4. The Morgan fingerprint density at radius 2 is 2.29 bits per heavy atom. The highest BCUT2D eigenvalue weighted by Gasteiger charge is 2.14. The Morgan fingerprint density at radius 3 is 2.94 bits per heavy atom. The number of aromatic amines is 1. The molecule has 2 aromatic heterocycles. The summed E-state index contributed by atoms with van der Waals surface area (Å²) in [5, 5.41) is 7.36. The fourth-order valence-electron chi connectivity index (χ4n) is 2.29. The molecule has 0 spiro atoms. The van der Waals surface area contributed by atoms with E-state index in [0.29, 0.717) is 0 Å². The highest BCUT2D eigenvalue weighted by molar-refractivity contribution is 5.83. The molecule has 2 aromatic rings. The maximum atomic E-state index is 11.9. The molecule has 0 aliphatic heterocycles. The van der Waals surface area contributed by atoms with Crippen LogP contribution in [0.1, 0.15) is 25.1 Å². The standard InChI is InChI=1S/C13H17N3O/c1-4-6-7-16-9(3)10(5-2)11-8-14-15-13(17)12(11)16/h4,6,8H,5,7H2,1-3H3,(H,15,17). The first-order valence-electron chi connectivity index (χ1n) is 5.87. The van der Waals surface area contributed by atoms with Crippen LogP contribution in [0.5, 0.6) is 0 Å². The molecule has 0 saturated carbocycles. The summed E-state index contributed by atoms with van der Waals surface area (Å²) in [7, 11) is 0. The van der Waals surface area contributed by atoms with E-state index in [-0.39, 0.29) is 5.56 Å². The van der Waals surface area contributed by atoms with Crippen LogP contribution in [-0.2, 0) is 13.0 Å². The summed E-state index contributed by atoms with van der Waals surface area (Å²) in [5.41, 5.74) is 2.98. The average molecular weight is 231 g/mol. The molecule has 2 rings (SSSR count). The van der Waals surface area contributed by atoms with Crippen molar-refractivity contribution in [2.45, 2.75) is 33.7 Å². The molecule has 0 saturated heterocycles. The van der Waals surface area contributed by atoms with Crippen LogP contribution in [0.4, 0.5) is 0 Å². The van der Waals surface area contributed by atoms with Crippen LogP contribution >= 0.6 is 0 Å². The van der Waals surface area contributed by atoms with Gasteiger partial charge in [0.25, 0.3) is 5.56 Å². The SMILES string of the molecule is CC=CCn1c(C)c(CC)c2cn[nH]c(=O)c21. The summed E-state index contributed by atoms with van der Waals surface area (Å²) < 4.78 is 2.05. The summed E-state index contributed by atoms with van der Waals surface area (Å²) in [6, 6.07) is 0. The van der Waals surface area contributed by atoms with Crippen molar-refractivity contribution in [1.29, 1.82) is 0 Å². The minimum Gasteiger partial charge on any atom is -0.336 e. The van der Waals surface area contributed by atoms with Crippen LogP contribution in [0, 0.1) is 6.92 Å². The molecule has 0 amide bonds. The van der Waals surface area contributed by atoms with Gasteiger partial charge in [-0.3, -0.25) is 4.79 Å². The van der Waals surface area contributed by atoms with Gasteiger partial charge in [-0.05, 0) is 25.8 Å². The summed E-state index contributed by atoms with van der Waals surface area (Å²) in [6.45, 7) is 6.87. The Labute approximate surface area is 100.0 Å². The number of H-pyrrole nitrogens is 1. The molecular formula is C13H17N3O. The first-order valence-corrected chi connectivity index (χ1v) is 5.87. The van der Waals surface area contributed by atoms with Crippen molar-refractivity contribution < 1.29 is 0 Å². The smallest absolute Gasteiger partial charge is 0.288 e. The Balaban J connectivity index is 2.81. The van der Waals surface area contributed by atoms with Crippen LogP contribution in [0.3, 0.4) is 0 Å². The minimum atomic E-state index is -0.116. The van der Waals surface area contributed by atoms with Crippen LogP contribution in [0.25, 0.3) is 10.9 Å². The Hall–Kier alpha value is -1.84. The predicted molar refractivity (Wildman–Crippen MR) is 69.3 cm³/mol. The van der Waals surface area contributed by atoms with E-state index in [1.807, 2.05) is 19.1 Å². The van der Waals surface area contributed by atoms with Crippen molar-refractivity contribution in [3.05, 3.63) is 40.0 Å². The topological polar surface area (TPSA) is 50.7 Å². The quantitative estimate of drug-likeness (QED) is 0.823. The Bertz CT molecular complexity index is 619. The van der Waals surface area contributed by atoms with Gasteiger partial charge in [0, 0.05) is 17.6 Å². The fraction of sp³-hybridized carbons (Fsp3) is 0.385. The second-order valence-electron chi connectivity index (χ2n) is 4.06. The van der Waals surface area contributed by atoms with E-state index >= 15 is 0 Å². The average Bonchev–Trinajstić information content (AvgIpc) is 2.60. The lowest BCUT2D eigenvalue weighted by Crippen LogP contribution is -2.12. The highest BCUT2D eigenvalue weighted by Crippen LogP contribution is 2.22. The van der Waals surface area contributed by atoms with Crippen LogP contribution < -0.4 is 5.56 Å². The summed E-state index contributed by atoms with van der Waals surface area (Å²) >= 11 is 0. The molecule has 0 aromatic carbocycles. The predicted octanol–water partition coefficient (Wildman–Crippen LogP) is 2.17. The van der Waals surface area contributed by atoms with Gasteiger partial charge in [-0.2, -0.15) is 5.10 Å². The lowest BCUT2D eigenvalue weighted by molar-refractivity contribution is 0.809. The number of aryl methyl sites for hydroxylation is 1. The second-order valence-corrected chi connectivity index (χ2v) is 4.06. The number of hydrogen-bond acceptors (Lipinski definition) is 2. The van der Waals surface area contributed by atoms with Gasteiger partial charge < -0.3 is 4.57 Å². The molecule has 4 nitrogen and oxygen atoms in total. The number of nitrogens with zero attached hydrogens (tertiary/aromatic N) is 2. The molecule has 90 valence electrons. The third-order valence-corrected chi connectivity index (χ3v) is 3.14. The van der Waals surface area contributed by atoms with Crippen molar-refractivity contribution in [3.63, 3.8) is 0 Å². The number of nitrogens with one attached hydrogen (secondary N) is 1. The summed E-state index contributed by atoms with van der Waals surface area (Å²) in [5.74, 6) is 0. The molecule has 0 bridgehead atoms. The molecule has 0 atom stereocenters. The molecule has 0 unspecified atom stereocenters. The van der Waals surface area contributed by atoms with Crippen LogP contribution in [-0.4, -0.2) is 14.8 Å². The van der Waals surface area contributed by atoms with E-state index in [1.165, 1.54) is 5.56 Å². The zero-order valence-corrected chi connectivity index (χ0v) is 10.4. The molecule has 17 heavy (non-hydrogen) atoms. The van der Waals surface area contributed by atoms with Gasteiger partial charge in [0.05, 0.1) is 6.20 Å². The number of allylic oxidation sites excluding steroid dienone is 2. The molecule has 0 aliphatic carbocycles. The zero-order valence-electron chi connectivity index (χ0n) is 10.4. The molecule has 2 heterocycles. The van der Waals surface area contributed by atoms with E-state index in [2.05, 4.69) is 28.6 Å². The van der Waals surface area contributed by atoms with E-state index in [4.69, 9.17) is 0 Å². The van der Waals surface area contributed by atoms with E-state index in [9.17, 15) is 4.79 Å². The van der Waals surface area contributed by atoms with Crippen molar-refractivity contribution in [1.82, 2.24) is 14.8 Å². The number of rotatable bonds is 3.